The molecular formula is C14H17N3O. The average molecular weight is 243 g/mol. The van der Waals surface area contributed by atoms with Gasteiger partial charge in [-0.1, -0.05) is 17.7 Å². The second kappa shape index (κ2) is 5.54. The van der Waals surface area contributed by atoms with Crippen LogP contribution in [0.3, 0.4) is 0 Å². The minimum atomic E-state index is -0.0546. The minimum absolute atomic E-state index is 0.00939. The lowest BCUT2D eigenvalue weighted by Gasteiger charge is -2.35. The summed E-state index contributed by atoms with van der Waals surface area (Å²) in [6, 6.07) is 10.3. The fourth-order valence-corrected chi connectivity index (χ4v) is 2.15. The van der Waals surface area contributed by atoms with Crippen molar-refractivity contribution < 1.29 is 4.79 Å². The van der Waals surface area contributed by atoms with Gasteiger partial charge < -0.3 is 9.80 Å². The van der Waals surface area contributed by atoms with Gasteiger partial charge in [0.2, 0.25) is 5.91 Å². The molecule has 4 nitrogen and oxygen atoms in total. The molecule has 1 heterocycles. The lowest BCUT2D eigenvalue weighted by atomic mass is 10.2. The molecular weight excluding hydrogens is 226 g/mol. The van der Waals surface area contributed by atoms with E-state index in [9.17, 15) is 4.79 Å². The Balaban J connectivity index is 1.92. The number of carbonyl (C=O) groups is 1. The van der Waals surface area contributed by atoms with Crippen LogP contribution < -0.4 is 4.90 Å². The molecule has 1 aliphatic rings. The molecule has 0 N–H and O–H groups in total. The van der Waals surface area contributed by atoms with Gasteiger partial charge >= 0.3 is 0 Å². The fraction of sp³-hybridized carbons (Fsp3) is 0.429. The number of rotatable bonds is 2. The summed E-state index contributed by atoms with van der Waals surface area (Å²) in [7, 11) is 0. The summed E-state index contributed by atoms with van der Waals surface area (Å²) < 4.78 is 0. The maximum Gasteiger partial charge on any atom is 0.236 e. The van der Waals surface area contributed by atoms with E-state index in [-0.39, 0.29) is 12.3 Å². The molecule has 0 aliphatic carbocycles. The first-order valence-electron chi connectivity index (χ1n) is 6.17. The van der Waals surface area contributed by atoms with Crippen molar-refractivity contribution in [1.29, 1.82) is 5.26 Å². The number of anilines is 1. The van der Waals surface area contributed by atoms with Gasteiger partial charge in [-0.2, -0.15) is 5.26 Å². The van der Waals surface area contributed by atoms with Crippen LogP contribution in [0.4, 0.5) is 5.69 Å². The van der Waals surface area contributed by atoms with E-state index in [1.165, 1.54) is 11.3 Å². The van der Waals surface area contributed by atoms with Crippen LogP contribution in [-0.4, -0.2) is 37.0 Å². The van der Waals surface area contributed by atoms with Crippen LogP contribution in [0.1, 0.15) is 12.0 Å². The molecule has 1 saturated heterocycles. The fourth-order valence-electron chi connectivity index (χ4n) is 2.15. The van der Waals surface area contributed by atoms with E-state index < -0.39 is 0 Å². The maximum atomic E-state index is 11.6. The van der Waals surface area contributed by atoms with Crippen molar-refractivity contribution in [1.82, 2.24) is 4.90 Å². The third-order valence-corrected chi connectivity index (χ3v) is 3.26. The predicted molar refractivity (Wildman–Crippen MR) is 70.2 cm³/mol. The Kier molecular flexibility index (Phi) is 3.83. The van der Waals surface area contributed by atoms with Gasteiger partial charge in [-0.05, 0) is 19.1 Å². The highest BCUT2D eigenvalue weighted by atomic mass is 16.2. The van der Waals surface area contributed by atoms with E-state index >= 15 is 0 Å². The predicted octanol–water partition coefficient (Wildman–Crippen LogP) is 1.56. The second-order valence-corrected chi connectivity index (χ2v) is 4.54. The average Bonchev–Trinajstić information content (AvgIpc) is 2.40. The first kappa shape index (κ1) is 12.4. The van der Waals surface area contributed by atoms with Crippen molar-refractivity contribution in [2.75, 3.05) is 31.1 Å². The molecule has 1 fully saturated rings. The Morgan fingerprint density at radius 3 is 2.39 bits per heavy atom. The normalized spacial score (nSPS) is 15.3. The van der Waals surface area contributed by atoms with Crippen LogP contribution in [0.25, 0.3) is 0 Å². The lowest BCUT2D eigenvalue weighted by molar-refractivity contribution is -0.130. The Morgan fingerprint density at radius 1 is 1.22 bits per heavy atom. The molecule has 0 bridgehead atoms. The molecule has 0 spiro atoms. The maximum absolute atomic E-state index is 11.6. The molecule has 94 valence electrons. The van der Waals surface area contributed by atoms with E-state index in [1.54, 1.807) is 4.90 Å². The summed E-state index contributed by atoms with van der Waals surface area (Å²) in [5.74, 6) is -0.0546. The zero-order chi connectivity index (χ0) is 13.0. The quantitative estimate of drug-likeness (QED) is 0.792. The van der Waals surface area contributed by atoms with Gasteiger partial charge in [0.1, 0.15) is 6.42 Å². The monoisotopic (exact) mass is 243 g/mol. The number of benzene rings is 1. The Morgan fingerprint density at radius 2 is 1.83 bits per heavy atom. The highest BCUT2D eigenvalue weighted by Crippen LogP contribution is 2.17. The van der Waals surface area contributed by atoms with Crippen molar-refractivity contribution in [3.05, 3.63) is 29.8 Å². The molecule has 18 heavy (non-hydrogen) atoms. The molecule has 2 rings (SSSR count). The van der Waals surface area contributed by atoms with Crippen molar-refractivity contribution in [2.45, 2.75) is 13.3 Å². The first-order chi connectivity index (χ1) is 8.70. The van der Waals surface area contributed by atoms with Crippen LogP contribution in [0.2, 0.25) is 0 Å². The van der Waals surface area contributed by atoms with Gasteiger partial charge in [0.05, 0.1) is 6.07 Å². The van der Waals surface area contributed by atoms with Crippen molar-refractivity contribution in [3.8, 4) is 6.07 Å². The summed E-state index contributed by atoms with van der Waals surface area (Å²) in [4.78, 5) is 15.6. The van der Waals surface area contributed by atoms with Gasteiger partial charge in [0.25, 0.3) is 0 Å². The summed E-state index contributed by atoms with van der Waals surface area (Å²) in [5.41, 5.74) is 2.45. The van der Waals surface area contributed by atoms with Crippen molar-refractivity contribution >= 4 is 11.6 Å². The van der Waals surface area contributed by atoms with E-state index in [0.717, 1.165) is 13.1 Å². The molecule has 0 radical (unpaired) electrons. The topological polar surface area (TPSA) is 47.3 Å². The number of aryl methyl sites for hydroxylation is 1. The van der Waals surface area contributed by atoms with E-state index in [4.69, 9.17) is 5.26 Å². The second-order valence-electron chi connectivity index (χ2n) is 4.54. The number of hydrogen-bond donors (Lipinski definition) is 0. The number of amides is 1. The smallest absolute Gasteiger partial charge is 0.236 e. The zero-order valence-corrected chi connectivity index (χ0v) is 10.6. The van der Waals surface area contributed by atoms with Crippen LogP contribution in [0, 0.1) is 18.3 Å². The van der Waals surface area contributed by atoms with Gasteiger partial charge in [-0.15, -0.1) is 0 Å². The third kappa shape index (κ3) is 2.80. The minimum Gasteiger partial charge on any atom is -0.368 e. The highest BCUT2D eigenvalue weighted by Gasteiger charge is 2.20. The number of carbonyl (C=O) groups excluding carboxylic acids is 1. The van der Waals surface area contributed by atoms with E-state index in [1.807, 2.05) is 6.07 Å². The molecule has 1 aromatic rings. The van der Waals surface area contributed by atoms with E-state index in [0.29, 0.717) is 13.1 Å². The SMILES string of the molecule is Cc1ccc(N2CCN(C(=O)CC#N)CC2)cc1. The summed E-state index contributed by atoms with van der Waals surface area (Å²) in [5, 5.41) is 8.52. The molecule has 1 amide bonds. The molecule has 0 atom stereocenters. The van der Waals surface area contributed by atoms with Crippen LogP contribution in [0.5, 0.6) is 0 Å². The third-order valence-electron chi connectivity index (χ3n) is 3.26. The molecule has 1 aromatic carbocycles. The van der Waals surface area contributed by atoms with Crippen LogP contribution in [-0.2, 0) is 4.79 Å². The van der Waals surface area contributed by atoms with Gasteiger partial charge in [-0.25, -0.2) is 0 Å². The number of piperazine rings is 1. The van der Waals surface area contributed by atoms with Gasteiger partial charge in [-0.3, -0.25) is 4.79 Å². The van der Waals surface area contributed by atoms with Crippen molar-refractivity contribution in [2.24, 2.45) is 0 Å². The summed E-state index contributed by atoms with van der Waals surface area (Å²) in [6.45, 7) is 5.14. The Hall–Kier alpha value is -2.02. The molecule has 0 saturated carbocycles. The number of nitrogens with zero attached hydrogens (tertiary/aromatic N) is 3. The highest BCUT2D eigenvalue weighted by molar-refractivity contribution is 5.78. The van der Waals surface area contributed by atoms with Crippen LogP contribution in [0.15, 0.2) is 24.3 Å². The number of nitriles is 1. The first-order valence-corrected chi connectivity index (χ1v) is 6.17. The van der Waals surface area contributed by atoms with Crippen LogP contribution >= 0.6 is 0 Å². The molecule has 4 heteroatoms. The number of hydrogen-bond acceptors (Lipinski definition) is 3. The molecule has 1 aliphatic heterocycles. The molecule has 0 aromatic heterocycles. The largest absolute Gasteiger partial charge is 0.368 e. The summed E-state index contributed by atoms with van der Waals surface area (Å²) >= 11 is 0. The zero-order valence-electron chi connectivity index (χ0n) is 10.6. The molecule has 0 unspecified atom stereocenters. The van der Waals surface area contributed by atoms with Gasteiger partial charge in [0.15, 0.2) is 0 Å². The van der Waals surface area contributed by atoms with Crippen molar-refractivity contribution in [3.63, 3.8) is 0 Å². The summed E-state index contributed by atoms with van der Waals surface area (Å²) in [6.07, 6.45) is -0.00939. The Labute approximate surface area is 107 Å². The lowest BCUT2D eigenvalue weighted by Crippen LogP contribution is -2.48. The Bertz CT molecular complexity index is 453. The standard InChI is InChI=1S/C14H17N3O/c1-12-2-4-13(5-3-12)16-8-10-17(11-9-16)14(18)6-7-15/h2-5H,6,8-11H2,1H3. The van der Waals surface area contributed by atoms with Gasteiger partial charge in [0, 0.05) is 31.9 Å². The van der Waals surface area contributed by atoms with E-state index in [2.05, 4.69) is 36.1 Å².